The fourth-order valence-electron chi connectivity index (χ4n) is 2.51. The molecule has 3 heteroatoms. The molecule has 1 aliphatic heterocycles. The summed E-state index contributed by atoms with van der Waals surface area (Å²) in [5.74, 6) is 0. The maximum atomic E-state index is 8.84. The van der Waals surface area contributed by atoms with Crippen LogP contribution in [0.4, 0.5) is 5.69 Å². The second-order valence-electron chi connectivity index (χ2n) is 5.30. The van der Waals surface area contributed by atoms with Gasteiger partial charge in [-0.2, -0.15) is 5.26 Å². The van der Waals surface area contributed by atoms with E-state index in [4.69, 9.17) is 5.26 Å². The lowest BCUT2D eigenvalue weighted by Gasteiger charge is -2.44. The molecule has 1 saturated heterocycles. The number of nitriles is 1. The molecule has 2 rings (SSSR count). The molecule has 0 aromatic heterocycles. The largest absolute Gasteiger partial charge is 0.368 e. The van der Waals surface area contributed by atoms with E-state index in [0.717, 1.165) is 13.1 Å². The van der Waals surface area contributed by atoms with Crippen LogP contribution < -0.4 is 10.2 Å². The van der Waals surface area contributed by atoms with Crippen LogP contribution in [0.5, 0.6) is 0 Å². The molecule has 17 heavy (non-hydrogen) atoms. The summed E-state index contributed by atoms with van der Waals surface area (Å²) in [5, 5.41) is 12.4. The van der Waals surface area contributed by atoms with E-state index in [0.29, 0.717) is 6.42 Å². The van der Waals surface area contributed by atoms with Gasteiger partial charge < -0.3 is 10.2 Å². The lowest BCUT2D eigenvalue weighted by Crippen LogP contribution is -2.62. The maximum Gasteiger partial charge on any atom is 0.0638 e. The summed E-state index contributed by atoms with van der Waals surface area (Å²) >= 11 is 0. The molecule has 0 amide bonds. The Bertz CT molecular complexity index is 405. The van der Waals surface area contributed by atoms with Crippen LogP contribution in [0.3, 0.4) is 0 Å². The molecule has 1 fully saturated rings. The lowest BCUT2D eigenvalue weighted by molar-refractivity contribution is 0.291. The van der Waals surface area contributed by atoms with E-state index in [9.17, 15) is 0 Å². The van der Waals surface area contributed by atoms with Gasteiger partial charge in [0.2, 0.25) is 0 Å². The van der Waals surface area contributed by atoms with Crippen LogP contribution in [-0.4, -0.2) is 24.7 Å². The third-order valence-electron chi connectivity index (χ3n) is 3.08. The maximum absolute atomic E-state index is 8.84. The number of para-hydroxylation sites is 1. The lowest BCUT2D eigenvalue weighted by atomic mass is 9.97. The van der Waals surface area contributed by atoms with Crippen LogP contribution in [-0.2, 0) is 0 Å². The zero-order valence-corrected chi connectivity index (χ0v) is 10.5. The van der Waals surface area contributed by atoms with Crippen LogP contribution in [0.25, 0.3) is 0 Å². The van der Waals surface area contributed by atoms with Crippen molar-refractivity contribution in [2.24, 2.45) is 0 Å². The first-order valence-electron chi connectivity index (χ1n) is 6.05. The van der Waals surface area contributed by atoms with Crippen molar-refractivity contribution in [2.45, 2.75) is 31.8 Å². The number of benzene rings is 1. The molecule has 1 aliphatic rings. The molecule has 1 unspecified atom stereocenters. The first-order valence-corrected chi connectivity index (χ1v) is 6.05. The number of nitrogens with one attached hydrogen (secondary N) is 1. The fourth-order valence-corrected chi connectivity index (χ4v) is 2.51. The van der Waals surface area contributed by atoms with Gasteiger partial charge in [0.15, 0.2) is 0 Å². The third kappa shape index (κ3) is 2.98. The van der Waals surface area contributed by atoms with Crippen LogP contribution in [0, 0.1) is 11.3 Å². The van der Waals surface area contributed by atoms with Crippen molar-refractivity contribution in [3.05, 3.63) is 30.3 Å². The topological polar surface area (TPSA) is 39.1 Å². The first kappa shape index (κ1) is 11.9. The van der Waals surface area contributed by atoms with E-state index >= 15 is 0 Å². The first-order chi connectivity index (χ1) is 8.11. The van der Waals surface area contributed by atoms with E-state index in [-0.39, 0.29) is 11.6 Å². The standard InChI is InChI=1S/C14H19N3/c1-14(2)11-17(10-12(16-14)8-9-15)13-6-4-3-5-7-13/h3-7,12,16H,8,10-11H2,1-2H3. The number of piperazine rings is 1. The summed E-state index contributed by atoms with van der Waals surface area (Å²) in [5.41, 5.74) is 1.29. The second-order valence-corrected chi connectivity index (χ2v) is 5.30. The zero-order valence-electron chi connectivity index (χ0n) is 10.5. The Hall–Kier alpha value is -1.53. The van der Waals surface area contributed by atoms with Gasteiger partial charge in [0, 0.05) is 30.4 Å². The predicted octanol–water partition coefficient (Wildman–Crippen LogP) is 2.16. The van der Waals surface area contributed by atoms with Crippen LogP contribution in [0.15, 0.2) is 30.3 Å². The average molecular weight is 229 g/mol. The van der Waals surface area contributed by atoms with Crippen molar-refractivity contribution in [1.29, 1.82) is 5.26 Å². The van der Waals surface area contributed by atoms with E-state index in [2.05, 4.69) is 54.4 Å². The number of hydrogen-bond donors (Lipinski definition) is 1. The van der Waals surface area contributed by atoms with E-state index in [1.54, 1.807) is 0 Å². The molecule has 3 nitrogen and oxygen atoms in total. The minimum atomic E-state index is 0.0512. The highest BCUT2D eigenvalue weighted by molar-refractivity contribution is 5.47. The molecule has 0 saturated carbocycles. The Kier molecular flexibility index (Phi) is 3.35. The summed E-state index contributed by atoms with van der Waals surface area (Å²) in [6.45, 7) is 6.25. The van der Waals surface area contributed by atoms with Crippen LogP contribution >= 0.6 is 0 Å². The molecule has 0 radical (unpaired) electrons. The molecule has 1 aromatic rings. The highest BCUT2D eigenvalue weighted by Crippen LogP contribution is 2.22. The molecule has 0 spiro atoms. The van der Waals surface area contributed by atoms with Crippen LogP contribution in [0.2, 0.25) is 0 Å². The summed E-state index contributed by atoms with van der Waals surface area (Å²) in [7, 11) is 0. The van der Waals surface area contributed by atoms with Gasteiger partial charge in [-0.15, -0.1) is 0 Å². The summed E-state index contributed by atoms with van der Waals surface area (Å²) in [6.07, 6.45) is 0.562. The van der Waals surface area contributed by atoms with Gasteiger partial charge in [0.05, 0.1) is 12.5 Å². The van der Waals surface area contributed by atoms with E-state index < -0.39 is 0 Å². The van der Waals surface area contributed by atoms with Gasteiger partial charge in [-0.1, -0.05) is 18.2 Å². The van der Waals surface area contributed by atoms with Crippen molar-refractivity contribution in [3.63, 3.8) is 0 Å². The monoisotopic (exact) mass is 229 g/mol. The Labute approximate surface area is 103 Å². The third-order valence-corrected chi connectivity index (χ3v) is 3.08. The Morgan fingerprint density at radius 2 is 2.12 bits per heavy atom. The van der Waals surface area contributed by atoms with Crippen molar-refractivity contribution >= 4 is 5.69 Å². The number of nitrogens with zero attached hydrogens (tertiary/aromatic N) is 2. The molecule has 1 aromatic carbocycles. The number of hydrogen-bond acceptors (Lipinski definition) is 3. The Morgan fingerprint density at radius 1 is 1.41 bits per heavy atom. The zero-order chi connectivity index (χ0) is 12.3. The number of anilines is 1. The highest BCUT2D eigenvalue weighted by atomic mass is 15.2. The minimum absolute atomic E-state index is 0.0512. The van der Waals surface area contributed by atoms with Crippen molar-refractivity contribution in [3.8, 4) is 6.07 Å². The van der Waals surface area contributed by atoms with E-state index in [1.165, 1.54) is 5.69 Å². The molecule has 1 heterocycles. The smallest absolute Gasteiger partial charge is 0.0638 e. The molecule has 90 valence electrons. The predicted molar refractivity (Wildman–Crippen MR) is 69.9 cm³/mol. The van der Waals surface area contributed by atoms with Gasteiger partial charge in [0.1, 0.15) is 0 Å². The van der Waals surface area contributed by atoms with Crippen LogP contribution in [0.1, 0.15) is 20.3 Å². The minimum Gasteiger partial charge on any atom is -0.368 e. The molecule has 1 atom stereocenters. The fraction of sp³-hybridized carbons (Fsp3) is 0.500. The van der Waals surface area contributed by atoms with Crippen molar-refractivity contribution < 1.29 is 0 Å². The highest BCUT2D eigenvalue weighted by Gasteiger charge is 2.31. The second kappa shape index (κ2) is 4.77. The molecular weight excluding hydrogens is 210 g/mol. The molecule has 0 aliphatic carbocycles. The van der Waals surface area contributed by atoms with Gasteiger partial charge in [0.25, 0.3) is 0 Å². The van der Waals surface area contributed by atoms with Gasteiger partial charge in [-0.05, 0) is 26.0 Å². The summed E-state index contributed by atoms with van der Waals surface area (Å²) in [6, 6.07) is 12.9. The van der Waals surface area contributed by atoms with E-state index in [1.807, 2.05) is 6.07 Å². The summed E-state index contributed by atoms with van der Waals surface area (Å²) in [4.78, 5) is 2.36. The van der Waals surface area contributed by atoms with Crippen molar-refractivity contribution in [1.82, 2.24) is 5.32 Å². The van der Waals surface area contributed by atoms with Gasteiger partial charge in [-0.3, -0.25) is 0 Å². The Balaban J connectivity index is 2.16. The normalized spacial score (nSPS) is 23.1. The van der Waals surface area contributed by atoms with Crippen molar-refractivity contribution in [2.75, 3.05) is 18.0 Å². The van der Waals surface area contributed by atoms with Gasteiger partial charge in [-0.25, -0.2) is 0 Å². The molecule has 0 bridgehead atoms. The average Bonchev–Trinajstić information content (AvgIpc) is 2.28. The number of rotatable bonds is 2. The molecule has 1 N–H and O–H groups in total. The quantitative estimate of drug-likeness (QED) is 0.844. The summed E-state index contributed by atoms with van der Waals surface area (Å²) < 4.78 is 0. The Morgan fingerprint density at radius 3 is 2.76 bits per heavy atom. The van der Waals surface area contributed by atoms with Gasteiger partial charge >= 0.3 is 0 Å². The molecular formula is C14H19N3. The SMILES string of the molecule is CC1(C)CN(c2ccccc2)CC(CC#N)N1.